The van der Waals surface area contributed by atoms with Crippen molar-refractivity contribution in [2.24, 2.45) is 5.92 Å². The van der Waals surface area contributed by atoms with Crippen LogP contribution < -0.4 is 0 Å². The largest absolute Gasteiger partial charge is 0.465 e. The molecule has 0 saturated carbocycles. The first-order valence-electron chi connectivity index (χ1n) is 9.47. The van der Waals surface area contributed by atoms with Crippen molar-refractivity contribution in [3.63, 3.8) is 0 Å². The van der Waals surface area contributed by atoms with Crippen molar-refractivity contribution in [3.05, 3.63) is 16.3 Å². The van der Waals surface area contributed by atoms with E-state index in [0.29, 0.717) is 11.8 Å². The van der Waals surface area contributed by atoms with Gasteiger partial charge in [0.15, 0.2) is 10.8 Å². The molecule has 4 rings (SSSR count). The van der Waals surface area contributed by atoms with Crippen LogP contribution in [0.5, 0.6) is 0 Å². The number of esters is 1. The van der Waals surface area contributed by atoms with E-state index in [4.69, 9.17) is 9.72 Å². The Labute approximate surface area is 166 Å². The van der Waals surface area contributed by atoms with E-state index in [1.54, 1.807) is 0 Å². The Morgan fingerprint density at radius 1 is 1.41 bits per heavy atom. The van der Waals surface area contributed by atoms with Crippen molar-refractivity contribution >= 4 is 44.9 Å². The van der Waals surface area contributed by atoms with Gasteiger partial charge in [0.2, 0.25) is 0 Å². The number of fused-ring (bicyclic) bond motifs is 5. The molecular weight excluding hydrogens is 380 g/mol. The van der Waals surface area contributed by atoms with E-state index in [1.807, 2.05) is 22.7 Å². The van der Waals surface area contributed by atoms with E-state index in [0.717, 1.165) is 40.4 Å². The highest BCUT2D eigenvalue weighted by molar-refractivity contribution is 7.99. The maximum absolute atomic E-state index is 11.8. The van der Waals surface area contributed by atoms with Crippen molar-refractivity contribution in [2.75, 3.05) is 12.4 Å². The molecule has 8 heteroatoms. The minimum absolute atomic E-state index is 0.226. The lowest BCUT2D eigenvalue weighted by atomic mass is 9.89. The van der Waals surface area contributed by atoms with Gasteiger partial charge in [-0.3, -0.25) is 9.20 Å². The molecule has 1 atom stereocenters. The number of aryl methyl sites for hydroxylation is 1. The van der Waals surface area contributed by atoms with Crippen LogP contribution in [-0.4, -0.2) is 37.9 Å². The van der Waals surface area contributed by atoms with Crippen LogP contribution in [0.25, 0.3) is 15.9 Å². The zero-order valence-electron chi connectivity index (χ0n) is 16.1. The number of hydrogen-bond acceptors (Lipinski definition) is 7. The molecule has 0 bridgehead atoms. The average Bonchev–Trinajstić information content (AvgIpc) is 3.19. The van der Waals surface area contributed by atoms with Gasteiger partial charge in [0.25, 0.3) is 0 Å². The highest BCUT2D eigenvalue weighted by atomic mass is 32.2. The summed E-state index contributed by atoms with van der Waals surface area (Å²) in [6, 6.07) is 0. The fraction of sp³-hybridized carbons (Fsp3) is 0.579. The van der Waals surface area contributed by atoms with Gasteiger partial charge in [-0.05, 0) is 37.7 Å². The summed E-state index contributed by atoms with van der Waals surface area (Å²) in [6.07, 6.45) is 3.40. The number of nitrogens with zero attached hydrogens (tertiary/aromatic N) is 4. The molecule has 0 fully saturated rings. The first-order valence-corrected chi connectivity index (χ1v) is 11.3. The van der Waals surface area contributed by atoms with Crippen molar-refractivity contribution in [3.8, 4) is 0 Å². The summed E-state index contributed by atoms with van der Waals surface area (Å²) in [5, 5.41) is 10.8. The molecule has 1 aliphatic carbocycles. The third-order valence-corrected chi connectivity index (χ3v) is 6.99. The molecule has 144 valence electrons. The number of ether oxygens (including phenoxy) is 1. The van der Waals surface area contributed by atoms with Gasteiger partial charge >= 0.3 is 5.97 Å². The Morgan fingerprint density at radius 3 is 2.96 bits per heavy atom. The van der Waals surface area contributed by atoms with Crippen LogP contribution in [0, 0.1) is 5.92 Å². The Hall–Kier alpha value is -1.67. The van der Waals surface area contributed by atoms with Crippen LogP contribution in [0.15, 0.2) is 5.16 Å². The second-order valence-electron chi connectivity index (χ2n) is 7.39. The van der Waals surface area contributed by atoms with Crippen LogP contribution in [0.3, 0.4) is 0 Å². The van der Waals surface area contributed by atoms with Crippen LogP contribution in [0.2, 0.25) is 0 Å². The van der Waals surface area contributed by atoms with Gasteiger partial charge in [-0.1, -0.05) is 32.5 Å². The third-order valence-electron chi connectivity index (χ3n) is 4.94. The predicted molar refractivity (Wildman–Crippen MR) is 109 cm³/mol. The second kappa shape index (κ2) is 7.39. The van der Waals surface area contributed by atoms with Gasteiger partial charge in [0, 0.05) is 10.8 Å². The normalized spacial score (nSPS) is 17.0. The van der Waals surface area contributed by atoms with E-state index in [2.05, 4.69) is 31.0 Å². The smallest absolute Gasteiger partial charge is 0.316 e. The molecule has 0 unspecified atom stereocenters. The molecule has 0 aliphatic heterocycles. The molecule has 0 amide bonds. The number of thioether (sulfide) groups is 1. The highest BCUT2D eigenvalue weighted by Gasteiger charge is 2.26. The summed E-state index contributed by atoms with van der Waals surface area (Å²) in [5.74, 6) is 1.89. The van der Waals surface area contributed by atoms with Gasteiger partial charge in [0.1, 0.15) is 10.7 Å². The average molecular weight is 405 g/mol. The molecule has 1 aliphatic rings. The van der Waals surface area contributed by atoms with Gasteiger partial charge in [-0.2, -0.15) is 0 Å². The number of carbonyl (C=O) groups excluding carboxylic acids is 1. The van der Waals surface area contributed by atoms with Gasteiger partial charge < -0.3 is 4.74 Å². The number of thiophene rings is 1. The molecule has 0 N–H and O–H groups in total. The SMILES string of the molecule is CCOC(=O)CSc1nnc2c3c4c(sc3nc(C(C)C)n12)C[C@@H](C)CC4. The summed E-state index contributed by atoms with van der Waals surface area (Å²) >= 11 is 3.17. The fourth-order valence-corrected chi connectivity index (χ4v) is 5.77. The Bertz CT molecular complexity index is 1010. The maximum Gasteiger partial charge on any atom is 0.316 e. The van der Waals surface area contributed by atoms with Crippen LogP contribution >= 0.6 is 23.1 Å². The summed E-state index contributed by atoms with van der Waals surface area (Å²) < 4.78 is 7.08. The van der Waals surface area contributed by atoms with Gasteiger partial charge in [0.05, 0.1) is 17.7 Å². The monoisotopic (exact) mass is 404 g/mol. The van der Waals surface area contributed by atoms with Crippen molar-refractivity contribution in [2.45, 2.75) is 58.0 Å². The molecular formula is C19H24N4O2S2. The topological polar surface area (TPSA) is 69.4 Å². The Kier molecular flexibility index (Phi) is 5.11. The van der Waals surface area contributed by atoms with Crippen LogP contribution in [-0.2, 0) is 22.4 Å². The lowest BCUT2D eigenvalue weighted by molar-refractivity contribution is -0.139. The standard InChI is InChI=1S/C19H24N4O2S2/c1-5-25-14(24)9-26-19-22-21-17-15-12-7-6-11(4)8-13(12)27-18(15)20-16(10(2)3)23(17)19/h10-11H,5-9H2,1-4H3/t11-/m0/s1. The van der Waals surface area contributed by atoms with Crippen LogP contribution in [0.1, 0.15) is 56.3 Å². The van der Waals surface area contributed by atoms with E-state index < -0.39 is 0 Å². The Morgan fingerprint density at radius 2 is 2.22 bits per heavy atom. The molecule has 3 aromatic rings. The van der Waals surface area contributed by atoms with Gasteiger partial charge in [-0.15, -0.1) is 21.5 Å². The molecule has 0 aromatic carbocycles. The molecule has 27 heavy (non-hydrogen) atoms. The zero-order valence-corrected chi connectivity index (χ0v) is 17.7. The minimum atomic E-state index is -0.235. The predicted octanol–water partition coefficient (Wildman–Crippen LogP) is 4.24. The quantitative estimate of drug-likeness (QED) is 0.468. The molecule has 0 radical (unpaired) electrons. The molecule has 3 heterocycles. The lowest BCUT2D eigenvalue weighted by Gasteiger charge is -2.17. The Balaban J connectivity index is 1.85. The zero-order chi connectivity index (χ0) is 19.1. The van der Waals surface area contributed by atoms with E-state index >= 15 is 0 Å². The van der Waals surface area contributed by atoms with E-state index in [1.165, 1.54) is 28.6 Å². The first kappa shape index (κ1) is 18.7. The molecule has 0 saturated heterocycles. The number of carbonyl (C=O) groups is 1. The highest BCUT2D eigenvalue weighted by Crippen LogP contribution is 2.40. The molecule has 3 aromatic heterocycles. The fourth-order valence-electron chi connectivity index (χ4n) is 3.65. The van der Waals surface area contributed by atoms with E-state index in [-0.39, 0.29) is 17.6 Å². The van der Waals surface area contributed by atoms with E-state index in [9.17, 15) is 4.79 Å². The number of aromatic nitrogens is 4. The second-order valence-corrected chi connectivity index (χ2v) is 9.42. The molecule has 0 spiro atoms. The van der Waals surface area contributed by atoms with Crippen molar-refractivity contribution in [1.82, 2.24) is 19.6 Å². The summed E-state index contributed by atoms with van der Waals surface area (Å²) in [4.78, 5) is 19.3. The van der Waals surface area contributed by atoms with Gasteiger partial charge in [-0.25, -0.2) is 4.98 Å². The van der Waals surface area contributed by atoms with Crippen LogP contribution in [0.4, 0.5) is 0 Å². The maximum atomic E-state index is 11.8. The summed E-state index contributed by atoms with van der Waals surface area (Å²) in [6.45, 7) is 8.77. The lowest BCUT2D eigenvalue weighted by Crippen LogP contribution is -2.10. The number of hydrogen-bond donors (Lipinski definition) is 0. The summed E-state index contributed by atoms with van der Waals surface area (Å²) in [5.41, 5.74) is 2.28. The minimum Gasteiger partial charge on any atom is -0.465 e. The molecule has 6 nitrogen and oxygen atoms in total. The van der Waals surface area contributed by atoms with Crippen molar-refractivity contribution in [1.29, 1.82) is 0 Å². The van der Waals surface area contributed by atoms with Crippen molar-refractivity contribution < 1.29 is 9.53 Å². The number of rotatable bonds is 5. The third kappa shape index (κ3) is 3.33. The first-order chi connectivity index (χ1) is 13.0. The summed E-state index contributed by atoms with van der Waals surface area (Å²) in [7, 11) is 0.